The molecule has 0 bridgehead atoms. The van der Waals surface area contributed by atoms with Crippen molar-refractivity contribution in [1.82, 2.24) is 9.38 Å². The molecule has 0 amide bonds. The number of fused-ring (bicyclic) bond motifs is 1. The van der Waals surface area contributed by atoms with Gasteiger partial charge in [-0.05, 0) is 19.1 Å². The van der Waals surface area contributed by atoms with Gasteiger partial charge in [0.05, 0.1) is 11.8 Å². The molecule has 0 saturated carbocycles. The summed E-state index contributed by atoms with van der Waals surface area (Å²) >= 11 is 0. The van der Waals surface area contributed by atoms with Gasteiger partial charge in [0, 0.05) is 12.4 Å². The molecule has 0 aliphatic rings. The zero-order valence-corrected chi connectivity index (χ0v) is 6.81. The standard InChI is InChI=1S/C9H10N2O/c1-7(12)8-6-11-5-3-2-4-9(11)10-8/h2-7,12H,1H3/t7-/m0/s1. The van der Waals surface area contributed by atoms with Crippen LogP contribution < -0.4 is 0 Å². The second-order valence-corrected chi connectivity index (χ2v) is 2.81. The highest BCUT2D eigenvalue weighted by Crippen LogP contribution is 2.11. The summed E-state index contributed by atoms with van der Waals surface area (Å²) in [6.07, 6.45) is 3.25. The summed E-state index contributed by atoms with van der Waals surface area (Å²) in [5, 5.41) is 9.25. The topological polar surface area (TPSA) is 37.5 Å². The molecule has 0 saturated heterocycles. The van der Waals surface area contributed by atoms with E-state index in [9.17, 15) is 5.11 Å². The van der Waals surface area contributed by atoms with E-state index in [1.807, 2.05) is 35.0 Å². The first-order valence-corrected chi connectivity index (χ1v) is 3.89. The third-order valence-electron chi connectivity index (χ3n) is 1.81. The fourth-order valence-corrected chi connectivity index (χ4v) is 1.16. The van der Waals surface area contributed by atoms with Gasteiger partial charge in [0.1, 0.15) is 5.65 Å². The second kappa shape index (κ2) is 2.60. The number of imidazole rings is 1. The minimum atomic E-state index is -0.495. The van der Waals surface area contributed by atoms with Crippen molar-refractivity contribution in [2.24, 2.45) is 0 Å². The molecule has 2 aromatic rings. The first kappa shape index (κ1) is 7.31. The quantitative estimate of drug-likeness (QED) is 0.688. The van der Waals surface area contributed by atoms with Crippen molar-refractivity contribution in [2.45, 2.75) is 13.0 Å². The van der Waals surface area contributed by atoms with Crippen LogP contribution in [0.2, 0.25) is 0 Å². The number of hydrogen-bond acceptors (Lipinski definition) is 2. The van der Waals surface area contributed by atoms with Gasteiger partial charge in [-0.25, -0.2) is 4.98 Å². The molecule has 2 aromatic heterocycles. The molecule has 3 nitrogen and oxygen atoms in total. The van der Waals surface area contributed by atoms with E-state index >= 15 is 0 Å². The van der Waals surface area contributed by atoms with E-state index in [0.29, 0.717) is 5.69 Å². The molecule has 0 aromatic carbocycles. The molecular formula is C9H10N2O. The third-order valence-corrected chi connectivity index (χ3v) is 1.81. The van der Waals surface area contributed by atoms with Crippen LogP contribution in [0.5, 0.6) is 0 Å². The van der Waals surface area contributed by atoms with Crippen LogP contribution in [0.4, 0.5) is 0 Å². The molecule has 0 unspecified atom stereocenters. The molecular weight excluding hydrogens is 152 g/mol. The van der Waals surface area contributed by atoms with E-state index in [1.165, 1.54) is 0 Å². The normalized spacial score (nSPS) is 13.5. The molecule has 1 atom stereocenters. The van der Waals surface area contributed by atoms with Crippen molar-refractivity contribution in [3.63, 3.8) is 0 Å². The van der Waals surface area contributed by atoms with Crippen LogP contribution in [-0.2, 0) is 0 Å². The van der Waals surface area contributed by atoms with Crippen LogP contribution >= 0.6 is 0 Å². The Bertz CT molecular complexity index is 359. The average Bonchev–Trinajstić information content (AvgIpc) is 2.46. The van der Waals surface area contributed by atoms with Crippen molar-refractivity contribution >= 4 is 5.65 Å². The smallest absolute Gasteiger partial charge is 0.137 e. The average molecular weight is 162 g/mol. The molecule has 0 spiro atoms. The number of hydrogen-bond donors (Lipinski definition) is 1. The Morgan fingerprint density at radius 1 is 1.50 bits per heavy atom. The van der Waals surface area contributed by atoms with Crippen LogP contribution in [0, 0.1) is 0 Å². The molecule has 0 aliphatic heterocycles. The van der Waals surface area contributed by atoms with Gasteiger partial charge in [-0.15, -0.1) is 0 Å². The highest BCUT2D eigenvalue weighted by Gasteiger charge is 2.04. The molecule has 0 fully saturated rings. The summed E-state index contributed by atoms with van der Waals surface area (Å²) < 4.78 is 1.89. The van der Waals surface area contributed by atoms with E-state index in [1.54, 1.807) is 6.92 Å². The Morgan fingerprint density at radius 3 is 3.00 bits per heavy atom. The fraction of sp³-hybridized carbons (Fsp3) is 0.222. The van der Waals surface area contributed by atoms with Crippen molar-refractivity contribution in [1.29, 1.82) is 0 Å². The number of aromatic nitrogens is 2. The predicted octanol–water partition coefficient (Wildman–Crippen LogP) is 1.39. The molecule has 0 aliphatic carbocycles. The minimum absolute atomic E-state index is 0.495. The number of pyridine rings is 1. The van der Waals surface area contributed by atoms with Crippen molar-refractivity contribution < 1.29 is 5.11 Å². The number of nitrogens with zero attached hydrogens (tertiary/aromatic N) is 2. The van der Waals surface area contributed by atoms with E-state index in [-0.39, 0.29) is 0 Å². The highest BCUT2D eigenvalue weighted by atomic mass is 16.3. The largest absolute Gasteiger partial charge is 0.387 e. The summed E-state index contributed by atoms with van der Waals surface area (Å²) in [6.45, 7) is 1.71. The van der Waals surface area contributed by atoms with Crippen LogP contribution in [0.15, 0.2) is 30.6 Å². The van der Waals surface area contributed by atoms with Crippen molar-refractivity contribution in [3.8, 4) is 0 Å². The summed E-state index contributed by atoms with van der Waals surface area (Å²) in [6, 6.07) is 5.76. The van der Waals surface area contributed by atoms with Crippen molar-refractivity contribution in [3.05, 3.63) is 36.3 Å². The van der Waals surface area contributed by atoms with Gasteiger partial charge in [-0.3, -0.25) is 0 Å². The Hall–Kier alpha value is -1.35. The molecule has 12 heavy (non-hydrogen) atoms. The summed E-state index contributed by atoms with van der Waals surface area (Å²) in [4.78, 5) is 4.23. The number of aliphatic hydroxyl groups is 1. The highest BCUT2D eigenvalue weighted by molar-refractivity contribution is 5.39. The van der Waals surface area contributed by atoms with Gasteiger partial charge in [0.2, 0.25) is 0 Å². The Balaban J connectivity index is 2.62. The maximum Gasteiger partial charge on any atom is 0.137 e. The Labute approximate surface area is 70.3 Å². The lowest BCUT2D eigenvalue weighted by atomic mass is 10.3. The van der Waals surface area contributed by atoms with Gasteiger partial charge in [0.25, 0.3) is 0 Å². The zero-order valence-electron chi connectivity index (χ0n) is 6.81. The molecule has 0 radical (unpaired) electrons. The SMILES string of the molecule is C[C@H](O)c1cn2ccccc2n1. The van der Waals surface area contributed by atoms with Crippen LogP contribution in [0.25, 0.3) is 5.65 Å². The first-order chi connectivity index (χ1) is 5.77. The molecule has 2 heterocycles. The van der Waals surface area contributed by atoms with Gasteiger partial charge in [-0.2, -0.15) is 0 Å². The summed E-state index contributed by atoms with van der Waals surface area (Å²) in [5.74, 6) is 0. The lowest BCUT2D eigenvalue weighted by molar-refractivity contribution is 0.195. The number of rotatable bonds is 1. The van der Waals surface area contributed by atoms with Gasteiger partial charge in [0.15, 0.2) is 0 Å². The molecule has 2 rings (SSSR count). The Morgan fingerprint density at radius 2 is 2.33 bits per heavy atom. The monoisotopic (exact) mass is 162 g/mol. The zero-order chi connectivity index (χ0) is 8.55. The maximum absolute atomic E-state index is 9.25. The summed E-state index contributed by atoms with van der Waals surface area (Å²) in [5.41, 5.74) is 1.58. The predicted molar refractivity (Wildman–Crippen MR) is 45.8 cm³/mol. The fourth-order valence-electron chi connectivity index (χ4n) is 1.16. The van der Waals surface area contributed by atoms with E-state index in [4.69, 9.17) is 0 Å². The third kappa shape index (κ3) is 1.08. The molecule has 1 N–H and O–H groups in total. The van der Waals surface area contributed by atoms with E-state index in [0.717, 1.165) is 5.65 Å². The number of aliphatic hydroxyl groups excluding tert-OH is 1. The second-order valence-electron chi connectivity index (χ2n) is 2.81. The van der Waals surface area contributed by atoms with Crippen LogP contribution in [0.1, 0.15) is 18.7 Å². The van der Waals surface area contributed by atoms with Gasteiger partial charge in [-0.1, -0.05) is 6.07 Å². The summed E-state index contributed by atoms with van der Waals surface area (Å²) in [7, 11) is 0. The van der Waals surface area contributed by atoms with Crippen LogP contribution in [-0.4, -0.2) is 14.5 Å². The lowest BCUT2D eigenvalue weighted by Crippen LogP contribution is -1.89. The van der Waals surface area contributed by atoms with Crippen LogP contribution in [0.3, 0.4) is 0 Å². The maximum atomic E-state index is 9.25. The van der Waals surface area contributed by atoms with Crippen molar-refractivity contribution in [2.75, 3.05) is 0 Å². The van der Waals surface area contributed by atoms with E-state index < -0.39 is 6.10 Å². The van der Waals surface area contributed by atoms with Gasteiger partial charge < -0.3 is 9.51 Å². The first-order valence-electron chi connectivity index (χ1n) is 3.89. The molecule has 3 heteroatoms. The minimum Gasteiger partial charge on any atom is -0.387 e. The molecule has 62 valence electrons. The lowest BCUT2D eigenvalue weighted by Gasteiger charge is -1.94. The van der Waals surface area contributed by atoms with Gasteiger partial charge >= 0.3 is 0 Å². The van der Waals surface area contributed by atoms with E-state index in [2.05, 4.69) is 4.98 Å². The Kier molecular flexibility index (Phi) is 1.59.